The van der Waals surface area contributed by atoms with E-state index in [1.165, 1.54) is 13.0 Å². The summed E-state index contributed by atoms with van der Waals surface area (Å²) in [4.78, 5) is 12.1. The minimum absolute atomic E-state index is 0.00906. The molecule has 112 valence electrons. The molecule has 1 saturated carbocycles. The Labute approximate surface area is 119 Å². The van der Waals surface area contributed by atoms with Gasteiger partial charge >= 0.3 is 6.18 Å². The number of carbonyl (C=O) groups is 1. The predicted molar refractivity (Wildman–Crippen MR) is 70.1 cm³/mol. The van der Waals surface area contributed by atoms with Crippen LogP contribution in [0.3, 0.4) is 0 Å². The highest BCUT2D eigenvalue weighted by Gasteiger charge is 2.44. The van der Waals surface area contributed by atoms with Crippen molar-refractivity contribution in [2.45, 2.75) is 31.5 Å². The number of nitriles is 1. The Kier molecular flexibility index (Phi) is 3.68. The molecule has 0 heterocycles. The third-order valence-electron chi connectivity index (χ3n) is 3.62. The van der Waals surface area contributed by atoms with Crippen LogP contribution in [0, 0.1) is 17.2 Å². The summed E-state index contributed by atoms with van der Waals surface area (Å²) >= 11 is 0. The maximum atomic E-state index is 13.0. The number of anilines is 1. The second-order valence-electron chi connectivity index (χ2n) is 5.38. The first kappa shape index (κ1) is 15.3. The molecule has 1 aliphatic rings. The van der Waals surface area contributed by atoms with Crippen LogP contribution in [0.1, 0.15) is 30.9 Å². The third kappa shape index (κ3) is 3.16. The predicted octanol–water partition coefficient (Wildman–Crippen LogP) is 2.64. The minimum atomic E-state index is -4.67. The summed E-state index contributed by atoms with van der Waals surface area (Å²) in [5.74, 6) is -0.662. The zero-order valence-corrected chi connectivity index (χ0v) is 11.3. The van der Waals surface area contributed by atoms with Crippen LogP contribution in [0.15, 0.2) is 18.2 Å². The number of hydrogen-bond acceptors (Lipinski definition) is 3. The molecule has 0 bridgehead atoms. The number of nitrogens with one attached hydrogen (secondary N) is 1. The van der Waals surface area contributed by atoms with Gasteiger partial charge < -0.3 is 11.1 Å². The first-order chi connectivity index (χ1) is 9.66. The van der Waals surface area contributed by atoms with Gasteiger partial charge in [0.1, 0.15) is 0 Å². The highest BCUT2D eigenvalue weighted by molar-refractivity contribution is 5.98. The maximum absolute atomic E-state index is 13.0. The van der Waals surface area contributed by atoms with Crippen LogP contribution >= 0.6 is 0 Å². The lowest BCUT2D eigenvalue weighted by Gasteiger charge is -2.24. The Morgan fingerprint density at radius 3 is 2.52 bits per heavy atom. The molecular formula is C14H14F3N3O. The average Bonchev–Trinajstić information content (AvgIpc) is 3.22. The van der Waals surface area contributed by atoms with Crippen LogP contribution in [0.4, 0.5) is 18.9 Å². The molecule has 0 aromatic heterocycles. The number of rotatable bonds is 3. The highest BCUT2D eigenvalue weighted by Crippen LogP contribution is 2.40. The molecule has 0 radical (unpaired) electrons. The van der Waals surface area contributed by atoms with Crippen LogP contribution in [0.2, 0.25) is 0 Å². The van der Waals surface area contributed by atoms with Crippen molar-refractivity contribution in [2.24, 2.45) is 11.7 Å². The highest BCUT2D eigenvalue weighted by atomic mass is 19.4. The van der Waals surface area contributed by atoms with E-state index in [9.17, 15) is 18.0 Å². The maximum Gasteiger partial charge on any atom is 0.418 e. The Hall–Kier alpha value is -2.07. The van der Waals surface area contributed by atoms with E-state index in [0.29, 0.717) is 6.07 Å². The Balaban J connectivity index is 2.32. The van der Waals surface area contributed by atoms with Gasteiger partial charge in [0.15, 0.2) is 0 Å². The number of carbonyl (C=O) groups excluding carboxylic acids is 1. The summed E-state index contributed by atoms with van der Waals surface area (Å²) in [6.07, 6.45) is -3.08. The van der Waals surface area contributed by atoms with Crippen molar-refractivity contribution < 1.29 is 18.0 Å². The lowest BCUT2D eigenvalue weighted by molar-refractivity contribution is -0.137. The number of hydrogen-bond donors (Lipinski definition) is 2. The molecule has 1 amide bonds. The van der Waals surface area contributed by atoms with Gasteiger partial charge in [-0.25, -0.2) is 0 Å². The second-order valence-corrected chi connectivity index (χ2v) is 5.38. The number of nitrogens with zero attached hydrogens (tertiary/aromatic N) is 1. The summed E-state index contributed by atoms with van der Waals surface area (Å²) in [6.45, 7) is 1.51. The fourth-order valence-corrected chi connectivity index (χ4v) is 2.08. The second kappa shape index (κ2) is 5.04. The molecule has 0 aliphatic heterocycles. The van der Waals surface area contributed by atoms with E-state index in [1.807, 2.05) is 0 Å². The van der Waals surface area contributed by atoms with Crippen molar-refractivity contribution in [3.63, 3.8) is 0 Å². The van der Waals surface area contributed by atoms with Gasteiger partial charge in [-0.2, -0.15) is 18.4 Å². The largest absolute Gasteiger partial charge is 0.418 e. The summed E-state index contributed by atoms with van der Waals surface area (Å²) in [7, 11) is 0. The van der Waals surface area contributed by atoms with Gasteiger partial charge in [0.05, 0.1) is 28.4 Å². The van der Waals surface area contributed by atoms with E-state index in [2.05, 4.69) is 5.32 Å². The van der Waals surface area contributed by atoms with Crippen molar-refractivity contribution in [2.75, 3.05) is 5.32 Å². The minimum Gasteiger partial charge on any atom is -0.324 e. The quantitative estimate of drug-likeness (QED) is 0.900. The van der Waals surface area contributed by atoms with E-state index in [1.54, 1.807) is 6.07 Å². The third-order valence-corrected chi connectivity index (χ3v) is 3.62. The normalized spacial score (nSPS) is 17.7. The van der Waals surface area contributed by atoms with Crippen molar-refractivity contribution in [3.8, 4) is 6.07 Å². The molecule has 1 unspecified atom stereocenters. The van der Waals surface area contributed by atoms with Gasteiger partial charge in [-0.15, -0.1) is 0 Å². The summed E-state index contributed by atoms with van der Waals surface area (Å²) in [5.41, 5.74) is 3.12. The fourth-order valence-electron chi connectivity index (χ4n) is 2.08. The van der Waals surface area contributed by atoms with Gasteiger partial charge in [-0.1, -0.05) is 0 Å². The van der Waals surface area contributed by atoms with Crippen molar-refractivity contribution in [1.82, 2.24) is 0 Å². The summed E-state index contributed by atoms with van der Waals surface area (Å²) in [5, 5.41) is 10.9. The molecule has 4 nitrogen and oxygen atoms in total. The average molecular weight is 297 g/mol. The molecule has 0 saturated heterocycles. The molecule has 1 aliphatic carbocycles. The van der Waals surface area contributed by atoms with Gasteiger partial charge in [0.25, 0.3) is 0 Å². The Bertz CT molecular complexity index is 613. The standard InChI is InChI=1S/C14H14F3N3O/c1-13(19,9-3-4-9)12(21)20-11-5-2-8(7-18)6-10(11)14(15,16)17/h2,5-6,9H,3-4,19H2,1H3,(H,20,21). The summed E-state index contributed by atoms with van der Waals surface area (Å²) in [6, 6.07) is 4.64. The number of alkyl halides is 3. The van der Waals surface area contributed by atoms with Crippen molar-refractivity contribution in [1.29, 1.82) is 5.26 Å². The molecule has 1 aromatic carbocycles. The van der Waals surface area contributed by atoms with Crippen LogP contribution in [0.5, 0.6) is 0 Å². The van der Waals surface area contributed by atoms with E-state index >= 15 is 0 Å². The van der Waals surface area contributed by atoms with E-state index in [0.717, 1.165) is 18.9 Å². The number of amides is 1. The lowest BCUT2D eigenvalue weighted by atomic mass is 9.96. The smallest absolute Gasteiger partial charge is 0.324 e. The molecular weight excluding hydrogens is 283 g/mol. The Morgan fingerprint density at radius 1 is 1.43 bits per heavy atom. The summed E-state index contributed by atoms with van der Waals surface area (Å²) < 4.78 is 39.0. The molecule has 2 rings (SSSR count). The van der Waals surface area contributed by atoms with Crippen molar-refractivity contribution >= 4 is 11.6 Å². The van der Waals surface area contributed by atoms with E-state index in [4.69, 9.17) is 11.0 Å². The van der Waals surface area contributed by atoms with Crippen molar-refractivity contribution in [3.05, 3.63) is 29.3 Å². The van der Waals surface area contributed by atoms with E-state index in [-0.39, 0.29) is 17.2 Å². The molecule has 21 heavy (non-hydrogen) atoms. The van der Waals surface area contributed by atoms with Gasteiger partial charge in [0.2, 0.25) is 5.91 Å². The number of benzene rings is 1. The molecule has 3 N–H and O–H groups in total. The van der Waals surface area contributed by atoms with Gasteiger partial charge in [-0.05, 0) is 43.9 Å². The number of nitrogens with two attached hydrogens (primary N) is 1. The van der Waals surface area contributed by atoms with Crippen LogP contribution in [-0.4, -0.2) is 11.4 Å². The zero-order chi connectivity index (χ0) is 15.8. The van der Waals surface area contributed by atoms with Crippen LogP contribution < -0.4 is 11.1 Å². The van der Waals surface area contributed by atoms with E-state index < -0.39 is 23.2 Å². The van der Waals surface area contributed by atoms with Gasteiger partial charge in [0, 0.05) is 0 Å². The SMILES string of the molecule is CC(N)(C(=O)Nc1ccc(C#N)cc1C(F)(F)F)C1CC1. The molecule has 7 heteroatoms. The molecule has 0 spiro atoms. The monoisotopic (exact) mass is 297 g/mol. The molecule has 1 atom stereocenters. The lowest BCUT2D eigenvalue weighted by Crippen LogP contribution is -2.50. The van der Waals surface area contributed by atoms with Crippen LogP contribution in [-0.2, 0) is 11.0 Å². The topological polar surface area (TPSA) is 78.9 Å². The zero-order valence-electron chi connectivity index (χ0n) is 11.3. The first-order valence-corrected chi connectivity index (χ1v) is 6.38. The Morgan fingerprint density at radius 2 is 2.05 bits per heavy atom. The fraction of sp³-hybridized carbons (Fsp3) is 0.429. The molecule has 1 aromatic rings. The molecule has 1 fully saturated rings. The van der Waals surface area contributed by atoms with Gasteiger partial charge in [-0.3, -0.25) is 4.79 Å². The first-order valence-electron chi connectivity index (χ1n) is 6.38. The van der Waals surface area contributed by atoms with Crippen LogP contribution in [0.25, 0.3) is 0 Å². The number of halogens is 3.